The molecule has 0 aromatic carbocycles. The van der Waals surface area contributed by atoms with Crippen molar-refractivity contribution in [2.45, 2.75) is 37.5 Å². The number of hydrogen-bond donors (Lipinski definition) is 1. The van der Waals surface area contributed by atoms with E-state index < -0.39 is 11.7 Å². The van der Waals surface area contributed by atoms with E-state index in [0.717, 1.165) is 25.7 Å². The molecule has 1 saturated carbocycles. The normalized spacial score (nSPS) is 20.7. The minimum atomic E-state index is -0.714. The maximum absolute atomic E-state index is 12.4. The van der Waals surface area contributed by atoms with E-state index in [1.54, 1.807) is 24.5 Å². The molecule has 0 unspecified atom stereocenters. The number of rotatable bonds is 2. The van der Waals surface area contributed by atoms with E-state index in [2.05, 4.69) is 4.98 Å². The fraction of sp³-hybridized carbons (Fsp3) is 0.471. The van der Waals surface area contributed by atoms with E-state index in [9.17, 15) is 9.59 Å². The van der Waals surface area contributed by atoms with Crippen LogP contribution in [-0.2, 0) is 9.47 Å². The van der Waals surface area contributed by atoms with Crippen molar-refractivity contribution in [2.24, 2.45) is 5.73 Å². The van der Waals surface area contributed by atoms with Crippen LogP contribution in [-0.4, -0.2) is 34.5 Å². The van der Waals surface area contributed by atoms with Crippen molar-refractivity contribution in [3.8, 4) is 0 Å². The van der Waals surface area contributed by atoms with Crippen molar-refractivity contribution < 1.29 is 14.3 Å². The number of hydrogen-bond acceptors (Lipinski definition) is 5. The van der Waals surface area contributed by atoms with Gasteiger partial charge in [-0.05, 0) is 25.0 Å². The lowest BCUT2D eigenvalue weighted by atomic mass is 9.89. The zero-order chi connectivity index (χ0) is 16.7. The summed E-state index contributed by atoms with van der Waals surface area (Å²) in [5.74, 6) is -1.17. The summed E-state index contributed by atoms with van der Waals surface area (Å²) in [4.78, 5) is 28.4. The van der Waals surface area contributed by atoms with Crippen LogP contribution in [0.3, 0.4) is 0 Å². The third-order valence-electron chi connectivity index (χ3n) is 4.98. The van der Waals surface area contributed by atoms with Gasteiger partial charge in [0.25, 0.3) is 5.91 Å². The molecule has 1 aliphatic carbocycles. The summed E-state index contributed by atoms with van der Waals surface area (Å²) in [6.45, 7) is 1.28. The Morgan fingerprint density at radius 3 is 2.67 bits per heavy atom. The summed E-state index contributed by atoms with van der Waals surface area (Å²) >= 11 is 0. The highest BCUT2D eigenvalue weighted by Crippen LogP contribution is 2.40. The molecule has 1 spiro atoms. The molecular formula is C17H19N3O4. The lowest BCUT2D eigenvalue weighted by molar-refractivity contribution is -0.181. The zero-order valence-electron chi connectivity index (χ0n) is 13.2. The third kappa shape index (κ3) is 2.40. The molecular weight excluding hydrogens is 310 g/mol. The highest BCUT2D eigenvalue weighted by molar-refractivity contribution is 5.95. The van der Waals surface area contributed by atoms with Crippen LogP contribution in [0.15, 0.2) is 29.3 Å². The molecule has 3 heterocycles. The molecule has 7 heteroatoms. The Morgan fingerprint density at radius 1 is 1.29 bits per heavy atom. The van der Waals surface area contributed by atoms with Crippen molar-refractivity contribution >= 4 is 16.9 Å². The first-order chi connectivity index (χ1) is 11.6. The van der Waals surface area contributed by atoms with Crippen molar-refractivity contribution in [3.63, 3.8) is 0 Å². The monoisotopic (exact) mass is 329 g/mol. The van der Waals surface area contributed by atoms with Crippen LogP contribution in [0.1, 0.15) is 42.1 Å². The van der Waals surface area contributed by atoms with E-state index >= 15 is 0 Å². The number of primary amides is 1. The number of nitrogens with two attached hydrogens (primary N) is 1. The summed E-state index contributed by atoms with van der Waals surface area (Å²) in [5, 5.41) is 0.419. The van der Waals surface area contributed by atoms with Gasteiger partial charge in [0.05, 0.1) is 18.6 Å². The Bertz CT molecular complexity index is 845. The van der Waals surface area contributed by atoms with E-state index in [1.807, 2.05) is 4.57 Å². The van der Waals surface area contributed by atoms with Crippen LogP contribution < -0.4 is 11.2 Å². The van der Waals surface area contributed by atoms with E-state index in [-0.39, 0.29) is 17.0 Å². The SMILES string of the molecule is NC(=O)c1cn(C2CCC3(CC2)OCCO3)c2ncccc2c1=O. The molecule has 2 aromatic rings. The molecule has 0 radical (unpaired) electrons. The van der Waals surface area contributed by atoms with Crippen LogP contribution in [0.25, 0.3) is 11.0 Å². The van der Waals surface area contributed by atoms with Crippen molar-refractivity contribution in [1.82, 2.24) is 9.55 Å². The van der Waals surface area contributed by atoms with Crippen molar-refractivity contribution in [2.75, 3.05) is 13.2 Å². The van der Waals surface area contributed by atoms with E-state index in [4.69, 9.17) is 15.2 Å². The first kappa shape index (κ1) is 15.3. The summed E-state index contributed by atoms with van der Waals surface area (Å²) in [5.41, 5.74) is 5.61. The molecule has 126 valence electrons. The van der Waals surface area contributed by atoms with Crippen molar-refractivity contribution in [3.05, 3.63) is 40.3 Å². The highest BCUT2D eigenvalue weighted by atomic mass is 16.7. The molecule has 2 fully saturated rings. The molecule has 7 nitrogen and oxygen atoms in total. The molecule has 2 N–H and O–H groups in total. The van der Waals surface area contributed by atoms with Gasteiger partial charge >= 0.3 is 0 Å². The second-order valence-corrected chi connectivity index (χ2v) is 6.36. The predicted molar refractivity (Wildman–Crippen MR) is 86.7 cm³/mol. The smallest absolute Gasteiger partial charge is 0.254 e. The Kier molecular flexibility index (Phi) is 3.62. The maximum Gasteiger partial charge on any atom is 0.254 e. The number of aromatic nitrogens is 2. The van der Waals surface area contributed by atoms with Gasteiger partial charge in [0.1, 0.15) is 11.2 Å². The maximum atomic E-state index is 12.4. The number of pyridine rings is 2. The fourth-order valence-electron chi connectivity index (χ4n) is 3.74. The Balaban J connectivity index is 1.75. The molecule has 0 bridgehead atoms. The zero-order valence-corrected chi connectivity index (χ0v) is 13.2. The topological polar surface area (TPSA) is 96.4 Å². The van der Waals surface area contributed by atoms with Crippen LogP contribution in [0.2, 0.25) is 0 Å². The number of fused-ring (bicyclic) bond motifs is 1. The second-order valence-electron chi connectivity index (χ2n) is 6.36. The van der Waals surface area contributed by atoms with Gasteiger partial charge in [-0.1, -0.05) is 0 Å². The molecule has 2 aliphatic rings. The largest absolute Gasteiger partial charge is 0.365 e. The number of nitrogens with zero attached hydrogens (tertiary/aromatic N) is 2. The van der Waals surface area contributed by atoms with Crippen LogP contribution in [0.5, 0.6) is 0 Å². The van der Waals surface area contributed by atoms with Gasteiger partial charge in [0.15, 0.2) is 5.79 Å². The molecule has 0 atom stereocenters. The molecule has 1 amide bonds. The number of amides is 1. The number of carbonyl (C=O) groups is 1. The summed E-state index contributed by atoms with van der Waals surface area (Å²) in [6, 6.07) is 3.50. The first-order valence-corrected chi connectivity index (χ1v) is 8.17. The first-order valence-electron chi connectivity index (χ1n) is 8.17. The van der Waals surface area contributed by atoms with Crippen LogP contribution in [0, 0.1) is 0 Å². The molecule has 24 heavy (non-hydrogen) atoms. The van der Waals surface area contributed by atoms with Gasteiger partial charge in [-0.15, -0.1) is 0 Å². The molecule has 1 saturated heterocycles. The van der Waals surface area contributed by atoms with Gasteiger partial charge in [-0.25, -0.2) is 4.98 Å². The van der Waals surface area contributed by atoms with Gasteiger partial charge < -0.3 is 19.8 Å². The Morgan fingerprint density at radius 2 is 2.00 bits per heavy atom. The summed E-state index contributed by atoms with van der Waals surface area (Å²) in [7, 11) is 0. The minimum Gasteiger partial charge on any atom is -0.365 e. The fourth-order valence-corrected chi connectivity index (χ4v) is 3.74. The standard InChI is InChI=1S/C17H19N3O4/c18-15(22)13-10-20(16-12(14(13)21)2-1-7-19-16)11-3-5-17(6-4-11)23-8-9-24-17/h1-2,7,10-11H,3-6,8-9H2,(H2,18,22). The third-order valence-corrected chi connectivity index (χ3v) is 4.98. The van der Waals surface area contributed by atoms with Gasteiger partial charge in [0, 0.05) is 31.3 Å². The average Bonchev–Trinajstić information content (AvgIpc) is 3.04. The Labute approximate surface area is 138 Å². The van der Waals surface area contributed by atoms with Gasteiger partial charge in [0.2, 0.25) is 5.43 Å². The van der Waals surface area contributed by atoms with Crippen molar-refractivity contribution in [1.29, 1.82) is 0 Å². The summed E-state index contributed by atoms with van der Waals surface area (Å²) < 4.78 is 13.4. The van der Waals surface area contributed by atoms with Gasteiger partial charge in [-0.3, -0.25) is 9.59 Å². The quantitative estimate of drug-likeness (QED) is 0.897. The predicted octanol–water partition coefficient (Wildman–Crippen LogP) is 1.35. The molecule has 4 rings (SSSR count). The number of carbonyl (C=O) groups excluding carboxylic acids is 1. The lowest BCUT2D eigenvalue weighted by Crippen LogP contribution is -2.36. The second kappa shape index (κ2) is 5.68. The van der Waals surface area contributed by atoms with Gasteiger partial charge in [-0.2, -0.15) is 0 Å². The summed E-state index contributed by atoms with van der Waals surface area (Å²) in [6.07, 6.45) is 6.42. The molecule has 1 aliphatic heterocycles. The number of ether oxygens (including phenoxy) is 2. The molecule has 2 aromatic heterocycles. The average molecular weight is 329 g/mol. The van der Waals surface area contributed by atoms with Crippen LogP contribution >= 0.6 is 0 Å². The lowest BCUT2D eigenvalue weighted by Gasteiger charge is -2.36. The Hall–Kier alpha value is -2.25. The highest BCUT2D eigenvalue weighted by Gasteiger charge is 2.40. The van der Waals surface area contributed by atoms with Crippen LogP contribution in [0.4, 0.5) is 0 Å². The van der Waals surface area contributed by atoms with E-state index in [1.165, 1.54) is 0 Å². The van der Waals surface area contributed by atoms with E-state index in [0.29, 0.717) is 24.2 Å². The minimum absolute atomic E-state index is 0.00385.